The minimum atomic E-state index is -0.984. The SMILES string of the molecule is Cc1ccc(Cl)c(NC(=O)NCCC(=O)O)c1Cl. The lowest BCUT2D eigenvalue weighted by atomic mass is 10.2. The number of aryl methyl sites for hydroxylation is 1. The summed E-state index contributed by atoms with van der Waals surface area (Å²) in [5.74, 6) is -0.984. The molecule has 0 aliphatic carbocycles. The average Bonchev–Trinajstić information content (AvgIpc) is 2.29. The van der Waals surface area contributed by atoms with Crippen LogP contribution in [0.1, 0.15) is 12.0 Å². The van der Waals surface area contributed by atoms with E-state index in [2.05, 4.69) is 10.6 Å². The first-order chi connectivity index (χ1) is 8.41. The van der Waals surface area contributed by atoms with Crippen molar-refractivity contribution in [1.82, 2.24) is 5.32 Å². The van der Waals surface area contributed by atoms with Crippen LogP contribution in [0.5, 0.6) is 0 Å². The summed E-state index contributed by atoms with van der Waals surface area (Å²) in [4.78, 5) is 21.8. The number of carbonyl (C=O) groups is 2. The third kappa shape index (κ3) is 4.09. The topological polar surface area (TPSA) is 78.4 Å². The van der Waals surface area contributed by atoms with Crippen LogP contribution in [0, 0.1) is 6.92 Å². The van der Waals surface area contributed by atoms with Crippen LogP contribution in [-0.2, 0) is 4.79 Å². The van der Waals surface area contributed by atoms with Crippen LogP contribution in [0.4, 0.5) is 10.5 Å². The van der Waals surface area contributed by atoms with Crippen LogP contribution in [-0.4, -0.2) is 23.7 Å². The van der Waals surface area contributed by atoms with Gasteiger partial charge in [-0.15, -0.1) is 0 Å². The van der Waals surface area contributed by atoms with Gasteiger partial charge in [-0.2, -0.15) is 0 Å². The van der Waals surface area contributed by atoms with E-state index in [1.54, 1.807) is 19.1 Å². The highest BCUT2D eigenvalue weighted by Crippen LogP contribution is 2.32. The summed E-state index contributed by atoms with van der Waals surface area (Å²) in [6, 6.07) is 2.80. The number of carboxylic acids is 1. The molecule has 3 N–H and O–H groups in total. The summed E-state index contributed by atoms with van der Waals surface area (Å²) in [6.07, 6.45) is -0.150. The molecule has 0 saturated carbocycles. The number of nitrogens with one attached hydrogen (secondary N) is 2. The lowest BCUT2D eigenvalue weighted by Gasteiger charge is -2.11. The van der Waals surface area contributed by atoms with Crippen molar-refractivity contribution in [2.75, 3.05) is 11.9 Å². The monoisotopic (exact) mass is 290 g/mol. The smallest absolute Gasteiger partial charge is 0.319 e. The number of anilines is 1. The Morgan fingerprint density at radius 3 is 2.61 bits per heavy atom. The molecule has 0 atom stereocenters. The molecule has 1 rings (SSSR count). The molecule has 7 heteroatoms. The summed E-state index contributed by atoms with van der Waals surface area (Å²) in [5.41, 5.74) is 1.09. The van der Waals surface area contributed by atoms with Crippen molar-refractivity contribution >= 4 is 40.9 Å². The highest BCUT2D eigenvalue weighted by Gasteiger charge is 2.11. The van der Waals surface area contributed by atoms with Crippen molar-refractivity contribution in [3.05, 3.63) is 27.7 Å². The van der Waals surface area contributed by atoms with E-state index in [1.807, 2.05) is 0 Å². The molecule has 0 saturated heterocycles. The molecule has 1 aromatic carbocycles. The summed E-state index contributed by atoms with van der Waals surface area (Å²) in [7, 11) is 0. The molecule has 98 valence electrons. The van der Waals surface area contributed by atoms with Crippen molar-refractivity contribution in [2.45, 2.75) is 13.3 Å². The number of hydrogen-bond acceptors (Lipinski definition) is 2. The van der Waals surface area contributed by atoms with Crippen molar-refractivity contribution in [2.24, 2.45) is 0 Å². The Bertz CT molecular complexity index is 478. The van der Waals surface area contributed by atoms with E-state index in [4.69, 9.17) is 28.3 Å². The molecule has 0 bridgehead atoms. The molecule has 0 heterocycles. The third-order valence-electron chi connectivity index (χ3n) is 2.15. The van der Waals surface area contributed by atoms with Gasteiger partial charge in [0.15, 0.2) is 0 Å². The number of hydrogen-bond donors (Lipinski definition) is 3. The van der Waals surface area contributed by atoms with Crippen LogP contribution in [0.3, 0.4) is 0 Å². The summed E-state index contributed by atoms with van der Waals surface area (Å²) in [6.45, 7) is 1.81. The third-order valence-corrected chi connectivity index (χ3v) is 2.95. The normalized spacial score (nSPS) is 9.94. The van der Waals surface area contributed by atoms with E-state index in [0.717, 1.165) is 5.56 Å². The van der Waals surface area contributed by atoms with Crippen molar-refractivity contribution < 1.29 is 14.7 Å². The highest BCUT2D eigenvalue weighted by atomic mass is 35.5. The van der Waals surface area contributed by atoms with Crippen LogP contribution in [0.2, 0.25) is 10.0 Å². The van der Waals surface area contributed by atoms with E-state index >= 15 is 0 Å². The van der Waals surface area contributed by atoms with Crippen LogP contribution in [0.15, 0.2) is 12.1 Å². The Kier molecular flexibility index (Phi) is 5.25. The summed E-state index contributed by atoms with van der Waals surface area (Å²) in [5, 5.41) is 14.0. The minimum absolute atomic E-state index is 0.0300. The second-order valence-electron chi connectivity index (χ2n) is 3.58. The second-order valence-corrected chi connectivity index (χ2v) is 4.36. The molecule has 0 unspecified atom stereocenters. The molecule has 1 aromatic rings. The number of carbonyl (C=O) groups excluding carboxylic acids is 1. The number of rotatable bonds is 4. The van der Waals surface area contributed by atoms with Crippen LogP contribution in [0.25, 0.3) is 0 Å². The fourth-order valence-corrected chi connectivity index (χ4v) is 1.68. The van der Waals surface area contributed by atoms with Gasteiger partial charge in [-0.1, -0.05) is 29.3 Å². The zero-order valence-corrected chi connectivity index (χ0v) is 11.1. The van der Waals surface area contributed by atoms with E-state index < -0.39 is 12.0 Å². The predicted octanol–water partition coefficient (Wildman–Crippen LogP) is 2.90. The lowest BCUT2D eigenvalue weighted by Crippen LogP contribution is -2.30. The Labute approximate surface area is 114 Å². The molecule has 0 fully saturated rings. The van der Waals surface area contributed by atoms with E-state index in [0.29, 0.717) is 15.7 Å². The summed E-state index contributed by atoms with van der Waals surface area (Å²) >= 11 is 11.9. The predicted molar refractivity (Wildman–Crippen MR) is 70.5 cm³/mol. The van der Waals surface area contributed by atoms with Gasteiger partial charge in [0.2, 0.25) is 0 Å². The van der Waals surface area contributed by atoms with Gasteiger partial charge < -0.3 is 15.7 Å². The van der Waals surface area contributed by atoms with Crippen molar-refractivity contribution in [3.63, 3.8) is 0 Å². The van der Waals surface area contributed by atoms with Gasteiger partial charge in [0.1, 0.15) is 0 Å². The van der Waals surface area contributed by atoms with Gasteiger partial charge >= 0.3 is 12.0 Å². The number of aliphatic carboxylic acids is 1. The maximum atomic E-state index is 11.5. The lowest BCUT2D eigenvalue weighted by molar-refractivity contribution is -0.136. The van der Waals surface area contributed by atoms with Gasteiger partial charge in [0, 0.05) is 6.54 Å². The Morgan fingerprint density at radius 2 is 2.00 bits per heavy atom. The fraction of sp³-hybridized carbons (Fsp3) is 0.273. The van der Waals surface area contributed by atoms with E-state index in [9.17, 15) is 9.59 Å². The van der Waals surface area contributed by atoms with Gasteiger partial charge in [0.05, 0.1) is 22.2 Å². The van der Waals surface area contributed by atoms with Crippen LogP contribution >= 0.6 is 23.2 Å². The Hall–Kier alpha value is -1.46. The van der Waals surface area contributed by atoms with Gasteiger partial charge in [0.25, 0.3) is 0 Å². The maximum absolute atomic E-state index is 11.5. The standard InChI is InChI=1S/C11H12Cl2N2O3/c1-6-2-3-7(12)10(9(6)13)15-11(18)14-5-4-8(16)17/h2-3H,4-5H2,1H3,(H,16,17)(H2,14,15,18). The molecule has 0 spiro atoms. The molecular formula is C11H12Cl2N2O3. The highest BCUT2D eigenvalue weighted by molar-refractivity contribution is 6.40. The zero-order chi connectivity index (χ0) is 13.7. The molecule has 2 amide bonds. The van der Waals surface area contributed by atoms with Crippen molar-refractivity contribution in [1.29, 1.82) is 0 Å². The first-order valence-electron chi connectivity index (χ1n) is 5.13. The summed E-state index contributed by atoms with van der Waals surface area (Å²) < 4.78 is 0. The molecule has 0 aromatic heterocycles. The van der Waals surface area contributed by atoms with Crippen molar-refractivity contribution in [3.8, 4) is 0 Å². The Morgan fingerprint density at radius 1 is 1.33 bits per heavy atom. The zero-order valence-electron chi connectivity index (χ0n) is 9.59. The largest absolute Gasteiger partial charge is 0.481 e. The molecule has 5 nitrogen and oxygen atoms in total. The number of halogens is 2. The first kappa shape index (κ1) is 14.6. The van der Waals surface area contributed by atoms with Gasteiger partial charge in [-0.05, 0) is 18.6 Å². The molecular weight excluding hydrogens is 279 g/mol. The molecule has 0 aliphatic heterocycles. The number of carboxylic acid groups (broad SMARTS) is 1. The van der Waals surface area contributed by atoms with Crippen LogP contribution < -0.4 is 10.6 Å². The second kappa shape index (κ2) is 6.47. The Balaban J connectivity index is 2.65. The average molecular weight is 291 g/mol. The van der Waals surface area contributed by atoms with Gasteiger partial charge in [-0.25, -0.2) is 4.79 Å². The number of amides is 2. The minimum Gasteiger partial charge on any atom is -0.481 e. The quantitative estimate of drug-likeness (QED) is 0.798. The van der Waals surface area contributed by atoms with Gasteiger partial charge in [-0.3, -0.25) is 4.79 Å². The van der Waals surface area contributed by atoms with E-state index in [1.165, 1.54) is 0 Å². The maximum Gasteiger partial charge on any atom is 0.319 e. The fourth-order valence-electron chi connectivity index (χ4n) is 1.21. The molecule has 0 aliphatic rings. The molecule has 0 radical (unpaired) electrons. The first-order valence-corrected chi connectivity index (χ1v) is 5.88. The van der Waals surface area contributed by atoms with E-state index in [-0.39, 0.29) is 13.0 Å². The number of urea groups is 1. The number of benzene rings is 1. The molecule has 18 heavy (non-hydrogen) atoms.